The van der Waals surface area contributed by atoms with Gasteiger partial charge in [0.2, 0.25) is 5.95 Å². The van der Waals surface area contributed by atoms with E-state index >= 15 is 0 Å². The first kappa shape index (κ1) is 19.8. The number of nitrogens with zero attached hydrogens (tertiary/aromatic N) is 4. The number of hydrogen-bond donors (Lipinski definition) is 1. The Morgan fingerprint density at radius 1 is 1.37 bits per heavy atom. The molecular weight excluding hydrogens is 346 g/mol. The largest absolute Gasteiger partial charge is 0.368 e. The van der Waals surface area contributed by atoms with Crippen LogP contribution in [0.25, 0.3) is 0 Å². The van der Waals surface area contributed by atoms with E-state index in [2.05, 4.69) is 14.9 Å². The Morgan fingerprint density at radius 2 is 2.11 bits per heavy atom. The summed E-state index contributed by atoms with van der Waals surface area (Å²) in [6.45, 7) is 4.56. The van der Waals surface area contributed by atoms with Crippen LogP contribution in [0.5, 0.6) is 0 Å². The summed E-state index contributed by atoms with van der Waals surface area (Å²) in [5, 5.41) is 0. The maximum absolute atomic E-state index is 12.6. The second-order valence-electron chi connectivity index (χ2n) is 8.02. The maximum atomic E-state index is 12.6. The van der Waals surface area contributed by atoms with Gasteiger partial charge in [-0.05, 0) is 39.2 Å². The molecule has 0 aromatic carbocycles. The van der Waals surface area contributed by atoms with Gasteiger partial charge >= 0.3 is 0 Å². The number of amides is 1. The van der Waals surface area contributed by atoms with Gasteiger partial charge in [-0.1, -0.05) is 0 Å². The molecule has 1 saturated carbocycles. The van der Waals surface area contributed by atoms with E-state index in [-0.39, 0.29) is 23.6 Å². The van der Waals surface area contributed by atoms with Crippen molar-refractivity contribution in [3.05, 3.63) is 22.1 Å². The summed E-state index contributed by atoms with van der Waals surface area (Å²) >= 11 is 0. The highest BCUT2D eigenvalue weighted by molar-refractivity contribution is 5.80. The van der Waals surface area contributed by atoms with E-state index in [0.29, 0.717) is 31.6 Å². The SMILES string of the molecule is C[C@H](OCC1CC1)C(=O)N1CC[C@H](N(C)Cc2cc(=O)[nH]c(N(C)C)n2)C1. The summed E-state index contributed by atoms with van der Waals surface area (Å²) in [7, 11) is 5.71. The number of ether oxygens (including phenoxy) is 1. The molecule has 8 nitrogen and oxygen atoms in total. The molecule has 0 radical (unpaired) electrons. The van der Waals surface area contributed by atoms with Crippen LogP contribution in [-0.2, 0) is 16.1 Å². The number of H-pyrrole nitrogens is 1. The second-order valence-corrected chi connectivity index (χ2v) is 8.02. The van der Waals surface area contributed by atoms with Gasteiger partial charge in [-0.15, -0.1) is 0 Å². The zero-order valence-electron chi connectivity index (χ0n) is 16.8. The summed E-state index contributed by atoms with van der Waals surface area (Å²) in [6.07, 6.45) is 3.00. The standard InChI is InChI=1S/C19H31N5O3/c1-13(27-12-14-5-6-14)18(26)24-8-7-16(11-24)23(4)10-15-9-17(25)21-19(20-15)22(2)3/h9,13-14,16H,5-8,10-12H2,1-4H3,(H,20,21,25)/t13-,16-/m0/s1. The van der Waals surface area contributed by atoms with Crippen LogP contribution >= 0.6 is 0 Å². The van der Waals surface area contributed by atoms with Crippen molar-refractivity contribution in [3.8, 4) is 0 Å². The van der Waals surface area contributed by atoms with Crippen LogP contribution in [0.4, 0.5) is 5.95 Å². The van der Waals surface area contributed by atoms with Crippen molar-refractivity contribution >= 4 is 11.9 Å². The first-order valence-electron chi connectivity index (χ1n) is 9.71. The number of nitrogens with one attached hydrogen (secondary N) is 1. The van der Waals surface area contributed by atoms with Crippen molar-refractivity contribution in [3.63, 3.8) is 0 Å². The Bertz CT molecular complexity index is 716. The van der Waals surface area contributed by atoms with Crippen LogP contribution in [0.2, 0.25) is 0 Å². The molecule has 150 valence electrons. The lowest BCUT2D eigenvalue weighted by molar-refractivity contribution is -0.142. The van der Waals surface area contributed by atoms with E-state index < -0.39 is 0 Å². The molecule has 1 amide bonds. The third-order valence-electron chi connectivity index (χ3n) is 5.34. The lowest BCUT2D eigenvalue weighted by atomic mass is 10.2. The van der Waals surface area contributed by atoms with Crippen molar-refractivity contribution in [2.24, 2.45) is 5.92 Å². The molecule has 1 aliphatic heterocycles. The molecule has 0 bridgehead atoms. The van der Waals surface area contributed by atoms with Crippen LogP contribution in [0, 0.1) is 5.92 Å². The van der Waals surface area contributed by atoms with E-state index in [1.807, 2.05) is 33.0 Å². The van der Waals surface area contributed by atoms with Crippen molar-refractivity contribution < 1.29 is 9.53 Å². The monoisotopic (exact) mass is 377 g/mol. The number of aromatic amines is 1. The quantitative estimate of drug-likeness (QED) is 0.718. The van der Waals surface area contributed by atoms with E-state index in [0.717, 1.165) is 18.7 Å². The number of carbonyl (C=O) groups excluding carboxylic acids is 1. The summed E-state index contributed by atoms with van der Waals surface area (Å²) < 4.78 is 5.72. The number of likely N-dealkylation sites (tertiary alicyclic amines) is 1. The van der Waals surface area contributed by atoms with Crippen molar-refractivity contribution in [2.45, 2.75) is 44.9 Å². The number of rotatable bonds is 8. The van der Waals surface area contributed by atoms with Crippen LogP contribution < -0.4 is 10.5 Å². The fraction of sp³-hybridized carbons (Fsp3) is 0.737. The minimum absolute atomic E-state index is 0.0794. The molecule has 0 unspecified atom stereocenters. The summed E-state index contributed by atoms with van der Waals surface area (Å²) in [4.78, 5) is 37.5. The fourth-order valence-corrected chi connectivity index (χ4v) is 3.37. The van der Waals surface area contributed by atoms with Crippen LogP contribution in [0.3, 0.4) is 0 Å². The van der Waals surface area contributed by atoms with Gasteiger partial charge in [-0.25, -0.2) is 4.98 Å². The summed E-state index contributed by atoms with van der Waals surface area (Å²) in [5.41, 5.74) is 0.581. The summed E-state index contributed by atoms with van der Waals surface area (Å²) in [5.74, 6) is 1.29. The number of carbonyl (C=O) groups is 1. The highest BCUT2D eigenvalue weighted by atomic mass is 16.5. The molecule has 2 heterocycles. The Hall–Kier alpha value is -1.93. The van der Waals surface area contributed by atoms with Crippen molar-refractivity contribution in [1.29, 1.82) is 0 Å². The van der Waals surface area contributed by atoms with Gasteiger partial charge in [0, 0.05) is 45.8 Å². The molecule has 1 aliphatic carbocycles. The predicted octanol–water partition coefficient (Wildman–Crippen LogP) is 0.684. The van der Waals surface area contributed by atoms with Crippen LogP contribution in [0.15, 0.2) is 10.9 Å². The van der Waals surface area contributed by atoms with Gasteiger partial charge in [-0.3, -0.25) is 19.5 Å². The first-order valence-corrected chi connectivity index (χ1v) is 9.71. The molecule has 1 N–H and O–H groups in total. The maximum Gasteiger partial charge on any atom is 0.252 e. The molecule has 8 heteroatoms. The molecule has 0 spiro atoms. The lowest BCUT2D eigenvalue weighted by Gasteiger charge is -2.25. The molecule has 2 fully saturated rings. The normalized spacial score (nSPS) is 20.9. The van der Waals surface area contributed by atoms with E-state index in [4.69, 9.17) is 4.74 Å². The van der Waals surface area contributed by atoms with Crippen LogP contribution in [-0.4, -0.2) is 78.7 Å². The third kappa shape index (κ3) is 5.29. The number of anilines is 1. The second kappa shape index (κ2) is 8.39. The average molecular weight is 377 g/mol. The van der Waals surface area contributed by atoms with Gasteiger partial charge in [0.1, 0.15) is 6.10 Å². The van der Waals surface area contributed by atoms with Gasteiger partial charge < -0.3 is 14.5 Å². The highest BCUT2D eigenvalue weighted by Crippen LogP contribution is 2.29. The smallest absolute Gasteiger partial charge is 0.252 e. The fourth-order valence-electron chi connectivity index (χ4n) is 3.37. The molecular formula is C19H31N5O3. The van der Waals surface area contributed by atoms with Crippen LogP contribution in [0.1, 0.15) is 31.9 Å². The van der Waals surface area contributed by atoms with Crippen molar-refractivity contribution in [1.82, 2.24) is 19.8 Å². The summed E-state index contributed by atoms with van der Waals surface area (Å²) in [6, 6.07) is 1.79. The Kier molecular flexibility index (Phi) is 6.16. The topological polar surface area (TPSA) is 81.8 Å². The highest BCUT2D eigenvalue weighted by Gasteiger charge is 2.32. The molecule has 27 heavy (non-hydrogen) atoms. The molecule has 3 rings (SSSR count). The zero-order valence-corrected chi connectivity index (χ0v) is 16.8. The number of aromatic nitrogens is 2. The minimum atomic E-state index is -0.369. The minimum Gasteiger partial charge on any atom is -0.368 e. The van der Waals surface area contributed by atoms with Crippen molar-refractivity contribution in [2.75, 3.05) is 45.7 Å². The molecule has 2 atom stereocenters. The first-order chi connectivity index (χ1) is 12.8. The Balaban J connectivity index is 1.53. The molecule has 1 aromatic rings. The van der Waals surface area contributed by atoms with Gasteiger partial charge in [0.25, 0.3) is 11.5 Å². The number of likely N-dealkylation sites (N-methyl/N-ethyl adjacent to an activating group) is 1. The molecule has 2 aliphatic rings. The average Bonchev–Trinajstić information content (AvgIpc) is 3.32. The lowest BCUT2D eigenvalue weighted by Crippen LogP contribution is -2.41. The van der Waals surface area contributed by atoms with E-state index in [9.17, 15) is 9.59 Å². The zero-order chi connectivity index (χ0) is 19.6. The van der Waals surface area contributed by atoms with E-state index in [1.54, 1.807) is 4.90 Å². The predicted molar refractivity (Wildman–Crippen MR) is 104 cm³/mol. The van der Waals surface area contributed by atoms with Gasteiger partial charge in [-0.2, -0.15) is 0 Å². The molecule has 1 saturated heterocycles. The van der Waals surface area contributed by atoms with Gasteiger partial charge in [0.05, 0.1) is 12.3 Å². The Morgan fingerprint density at radius 3 is 2.78 bits per heavy atom. The van der Waals surface area contributed by atoms with Gasteiger partial charge in [0.15, 0.2) is 0 Å². The van der Waals surface area contributed by atoms with E-state index in [1.165, 1.54) is 18.9 Å². The third-order valence-corrected chi connectivity index (χ3v) is 5.34. The number of hydrogen-bond acceptors (Lipinski definition) is 6. The Labute approximate surface area is 160 Å². The molecule has 1 aromatic heterocycles.